The molecule has 0 aromatic heterocycles. The monoisotopic (exact) mass is 617 g/mol. The maximum absolute atomic E-state index is 11.4. The van der Waals surface area contributed by atoms with E-state index in [1.54, 1.807) is 0 Å². The van der Waals surface area contributed by atoms with Crippen LogP contribution >= 0.6 is 0 Å². The van der Waals surface area contributed by atoms with Crippen LogP contribution in [0.4, 0.5) is 0 Å². The van der Waals surface area contributed by atoms with Crippen molar-refractivity contribution in [3.05, 3.63) is 0 Å². The lowest BCUT2D eigenvalue weighted by Gasteiger charge is -2.39. The molecule has 0 saturated carbocycles. The second-order valence-electron chi connectivity index (χ2n) is 13.7. The van der Waals surface area contributed by atoms with Crippen molar-refractivity contribution in [3.63, 3.8) is 0 Å². The first-order valence-electron chi connectivity index (χ1n) is 19.2. The van der Waals surface area contributed by atoms with Gasteiger partial charge in [-0.3, -0.25) is 4.55 Å². The Bertz CT molecular complexity index is 582. The molecule has 0 aliphatic carbocycles. The Morgan fingerprint density at radius 1 is 0.357 bits per heavy atom. The van der Waals surface area contributed by atoms with E-state index in [-0.39, 0.29) is 5.75 Å². The molecule has 42 heavy (non-hydrogen) atoms. The van der Waals surface area contributed by atoms with E-state index in [0.717, 1.165) is 13.0 Å². The minimum atomic E-state index is -3.86. The molecule has 0 unspecified atom stereocenters. The predicted octanol–water partition coefficient (Wildman–Crippen LogP) is 12.1. The van der Waals surface area contributed by atoms with Gasteiger partial charge in [0.25, 0.3) is 10.1 Å². The van der Waals surface area contributed by atoms with Gasteiger partial charge in [-0.15, -0.1) is 0 Å². The molecule has 0 fully saturated rings. The topological polar surface area (TPSA) is 54.4 Å². The Morgan fingerprint density at radius 2 is 0.571 bits per heavy atom. The molecule has 0 aliphatic rings. The second-order valence-corrected chi connectivity index (χ2v) is 15.3. The van der Waals surface area contributed by atoms with Gasteiger partial charge in [-0.1, -0.05) is 156 Å². The fourth-order valence-corrected chi connectivity index (χ4v) is 7.25. The van der Waals surface area contributed by atoms with Crippen molar-refractivity contribution in [1.82, 2.24) is 0 Å². The molecule has 0 saturated heterocycles. The van der Waals surface area contributed by atoms with Gasteiger partial charge in [0.1, 0.15) is 0 Å². The number of hydrogen-bond donors (Lipinski definition) is 1. The standard InChI is InChI=1S/C37H77NO3S/c1-4-7-10-13-16-19-22-25-28-33-38(36-31-32-37-42(39,40)41,34-29-26-23-20-17-14-11-8-5-2)35-30-27-24-21-18-15-12-9-6-3/h4-37H2,1-3H3/p+1. The van der Waals surface area contributed by atoms with Crippen LogP contribution in [-0.4, -0.2) is 49.4 Å². The van der Waals surface area contributed by atoms with Crippen LogP contribution in [0.3, 0.4) is 0 Å². The van der Waals surface area contributed by atoms with Gasteiger partial charge >= 0.3 is 0 Å². The van der Waals surface area contributed by atoms with Crippen molar-refractivity contribution in [2.24, 2.45) is 0 Å². The molecular formula is C37H78NO3S+. The molecule has 4 nitrogen and oxygen atoms in total. The first-order valence-corrected chi connectivity index (χ1v) is 20.8. The average Bonchev–Trinajstić information content (AvgIpc) is 2.96. The first-order chi connectivity index (χ1) is 20.4. The lowest BCUT2D eigenvalue weighted by molar-refractivity contribution is -0.929. The molecule has 0 atom stereocenters. The van der Waals surface area contributed by atoms with Gasteiger partial charge < -0.3 is 4.48 Å². The van der Waals surface area contributed by atoms with Crippen LogP contribution in [0.25, 0.3) is 0 Å². The molecule has 0 aromatic rings. The summed E-state index contributed by atoms with van der Waals surface area (Å²) in [6.45, 7) is 11.7. The van der Waals surface area contributed by atoms with E-state index < -0.39 is 10.1 Å². The Labute approximate surface area is 265 Å². The molecule has 5 heteroatoms. The van der Waals surface area contributed by atoms with Crippen molar-refractivity contribution in [3.8, 4) is 0 Å². The Balaban J connectivity index is 4.87. The quantitative estimate of drug-likeness (QED) is 0.0438. The summed E-state index contributed by atoms with van der Waals surface area (Å²) >= 11 is 0. The van der Waals surface area contributed by atoms with E-state index in [2.05, 4.69) is 20.8 Å². The summed E-state index contributed by atoms with van der Waals surface area (Å²) in [5.41, 5.74) is 0. The zero-order chi connectivity index (χ0) is 31.0. The van der Waals surface area contributed by atoms with Crippen LogP contribution in [0.2, 0.25) is 0 Å². The van der Waals surface area contributed by atoms with Crippen molar-refractivity contribution < 1.29 is 17.5 Å². The third-order valence-corrected chi connectivity index (χ3v) is 10.3. The Kier molecular flexibility index (Phi) is 30.8. The number of quaternary nitrogens is 1. The van der Waals surface area contributed by atoms with Crippen molar-refractivity contribution in [1.29, 1.82) is 0 Å². The van der Waals surface area contributed by atoms with Crippen LogP contribution in [0.1, 0.15) is 207 Å². The highest BCUT2D eigenvalue weighted by Crippen LogP contribution is 2.21. The summed E-state index contributed by atoms with van der Waals surface area (Å²) in [7, 11) is -3.86. The Morgan fingerprint density at radius 3 is 0.810 bits per heavy atom. The Hall–Kier alpha value is -0.130. The molecule has 0 radical (unpaired) electrons. The summed E-state index contributed by atoms with van der Waals surface area (Å²) in [5.74, 6) is -0.0822. The maximum Gasteiger partial charge on any atom is 0.264 e. The normalized spacial score (nSPS) is 12.4. The highest BCUT2D eigenvalue weighted by molar-refractivity contribution is 7.85. The molecule has 0 aromatic carbocycles. The molecule has 0 rings (SSSR count). The summed E-state index contributed by atoms with van der Waals surface area (Å²) < 4.78 is 33.2. The van der Waals surface area contributed by atoms with E-state index in [0.29, 0.717) is 6.42 Å². The number of rotatable bonds is 35. The maximum atomic E-state index is 11.4. The predicted molar refractivity (Wildman–Crippen MR) is 187 cm³/mol. The largest absolute Gasteiger partial charge is 0.324 e. The smallest absolute Gasteiger partial charge is 0.264 e. The summed E-state index contributed by atoms with van der Waals surface area (Å²) in [6.07, 6.45) is 38.4. The lowest BCUT2D eigenvalue weighted by atomic mass is 10.0. The van der Waals surface area contributed by atoms with Gasteiger partial charge in [0.2, 0.25) is 0 Å². The van der Waals surface area contributed by atoms with Crippen molar-refractivity contribution in [2.45, 2.75) is 207 Å². The van der Waals surface area contributed by atoms with Crippen LogP contribution in [-0.2, 0) is 10.1 Å². The number of hydrogen-bond acceptors (Lipinski definition) is 2. The van der Waals surface area contributed by atoms with Gasteiger partial charge in [0.15, 0.2) is 0 Å². The van der Waals surface area contributed by atoms with Crippen molar-refractivity contribution in [2.75, 3.05) is 31.9 Å². The molecule has 1 N–H and O–H groups in total. The van der Waals surface area contributed by atoms with E-state index in [1.165, 1.54) is 197 Å². The summed E-state index contributed by atoms with van der Waals surface area (Å²) in [5, 5.41) is 0. The van der Waals surface area contributed by atoms with Gasteiger partial charge in [-0.05, 0) is 51.4 Å². The number of nitrogens with zero attached hydrogens (tertiary/aromatic N) is 1. The van der Waals surface area contributed by atoms with Gasteiger partial charge in [-0.2, -0.15) is 8.42 Å². The molecule has 0 aliphatic heterocycles. The van der Waals surface area contributed by atoms with Gasteiger partial charge in [-0.25, -0.2) is 0 Å². The minimum Gasteiger partial charge on any atom is -0.324 e. The van der Waals surface area contributed by atoms with Crippen LogP contribution in [0.15, 0.2) is 0 Å². The minimum absolute atomic E-state index is 0.0822. The first kappa shape index (κ1) is 41.9. The van der Waals surface area contributed by atoms with Crippen LogP contribution < -0.4 is 0 Å². The zero-order valence-corrected chi connectivity index (χ0v) is 30.0. The molecular weight excluding hydrogens is 538 g/mol. The van der Waals surface area contributed by atoms with Gasteiger partial charge in [0, 0.05) is 0 Å². The average molecular weight is 617 g/mol. The third kappa shape index (κ3) is 29.9. The molecule has 0 heterocycles. The van der Waals surface area contributed by atoms with E-state index in [9.17, 15) is 13.0 Å². The molecule has 0 bridgehead atoms. The van der Waals surface area contributed by atoms with Gasteiger partial charge in [0.05, 0.1) is 31.9 Å². The summed E-state index contributed by atoms with van der Waals surface area (Å²) in [6, 6.07) is 0. The van der Waals surface area contributed by atoms with E-state index >= 15 is 0 Å². The van der Waals surface area contributed by atoms with Crippen LogP contribution in [0.5, 0.6) is 0 Å². The fourth-order valence-electron chi connectivity index (χ4n) is 6.68. The highest BCUT2D eigenvalue weighted by Gasteiger charge is 2.26. The molecule has 0 spiro atoms. The molecule has 0 amide bonds. The molecule has 254 valence electrons. The number of unbranched alkanes of at least 4 members (excludes halogenated alkanes) is 25. The highest BCUT2D eigenvalue weighted by atomic mass is 32.2. The zero-order valence-electron chi connectivity index (χ0n) is 29.2. The van der Waals surface area contributed by atoms with E-state index in [1.807, 2.05) is 0 Å². The lowest BCUT2D eigenvalue weighted by Crippen LogP contribution is -2.51. The third-order valence-electron chi connectivity index (χ3n) is 9.49. The summed E-state index contributed by atoms with van der Waals surface area (Å²) in [4.78, 5) is 0. The SMILES string of the molecule is CCCCCCCCCCC[N+](CCCCCCCCCCC)(CCCCCCCCCCC)CCCCS(=O)(=O)O. The van der Waals surface area contributed by atoms with E-state index in [4.69, 9.17) is 0 Å². The second kappa shape index (κ2) is 30.9. The fraction of sp³-hybridized carbons (Fsp3) is 1.00. The van der Waals surface area contributed by atoms with Crippen LogP contribution in [0, 0.1) is 0 Å². The van der Waals surface area contributed by atoms with Crippen molar-refractivity contribution >= 4 is 10.1 Å².